The molecular weight excluding hydrogens is 190 g/mol. The summed E-state index contributed by atoms with van der Waals surface area (Å²) in [6, 6.07) is 0.341. The second kappa shape index (κ2) is 8.62. The Bertz CT molecular complexity index is 196. The maximum absolute atomic E-state index is 10.7. The van der Waals surface area contributed by atoms with E-state index < -0.39 is 0 Å². The van der Waals surface area contributed by atoms with E-state index in [9.17, 15) is 4.79 Å². The summed E-state index contributed by atoms with van der Waals surface area (Å²) in [6.45, 7) is 11.2. The lowest BCUT2D eigenvalue weighted by Gasteiger charge is -2.30. The predicted octanol–water partition coefficient (Wildman–Crippen LogP) is 1.88. The zero-order valence-corrected chi connectivity index (χ0v) is 10.3. The van der Waals surface area contributed by atoms with Crippen LogP contribution in [0.15, 0.2) is 12.2 Å². The van der Waals surface area contributed by atoms with Crippen molar-refractivity contribution in [1.82, 2.24) is 4.90 Å². The second-order valence-corrected chi connectivity index (χ2v) is 3.36. The van der Waals surface area contributed by atoms with Crippen LogP contribution in [0.25, 0.3) is 0 Å². The second-order valence-electron chi connectivity index (χ2n) is 3.36. The minimum absolute atomic E-state index is 0.111. The van der Waals surface area contributed by atoms with Gasteiger partial charge in [-0.05, 0) is 19.9 Å². The molecule has 0 spiro atoms. The zero-order chi connectivity index (χ0) is 11.7. The van der Waals surface area contributed by atoms with Gasteiger partial charge in [0.2, 0.25) is 0 Å². The molecule has 0 saturated carbocycles. The van der Waals surface area contributed by atoms with Gasteiger partial charge in [0.15, 0.2) is 5.78 Å². The first-order valence-corrected chi connectivity index (χ1v) is 5.70. The lowest BCUT2D eigenvalue weighted by Crippen LogP contribution is -2.41. The van der Waals surface area contributed by atoms with E-state index in [2.05, 4.69) is 11.8 Å². The minimum Gasteiger partial charge on any atom is -0.379 e. The van der Waals surface area contributed by atoms with Crippen molar-refractivity contribution in [3.8, 4) is 0 Å². The number of ether oxygens (including phenoxy) is 1. The van der Waals surface area contributed by atoms with Gasteiger partial charge in [0.25, 0.3) is 0 Å². The maximum Gasteiger partial charge on any atom is 0.152 e. The summed E-state index contributed by atoms with van der Waals surface area (Å²) in [5.74, 6) is 0.111. The Balaban J connectivity index is 0.000000921. The molecule has 0 aromatic carbocycles. The van der Waals surface area contributed by atoms with Gasteiger partial charge in [-0.25, -0.2) is 0 Å². The van der Waals surface area contributed by atoms with Crippen LogP contribution in [0, 0.1) is 0 Å². The molecule has 1 aliphatic heterocycles. The number of allylic oxidation sites excluding steroid dienone is 1. The molecule has 3 nitrogen and oxygen atoms in total. The molecule has 3 heteroatoms. The average molecular weight is 213 g/mol. The first kappa shape index (κ1) is 14.3. The highest BCUT2D eigenvalue weighted by molar-refractivity contribution is 5.87. The molecule has 0 aromatic rings. The number of nitrogens with zero attached hydrogens (tertiary/aromatic N) is 1. The minimum atomic E-state index is 0.111. The quantitative estimate of drug-likeness (QED) is 0.670. The van der Waals surface area contributed by atoms with Crippen LogP contribution in [0.2, 0.25) is 0 Å². The SMILES string of the molecule is CC.CC(=O)/C=C/C(C)N1CCOCC1. The highest BCUT2D eigenvalue weighted by Crippen LogP contribution is 2.04. The van der Waals surface area contributed by atoms with Crippen molar-refractivity contribution in [2.75, 3.05) is 26.3 Å². The van der Waals surface area contributed by atoms with Crippen molar-refractivity contribution in [2.45, 2.75) is 33.7 Å². The number of carbonyl (C=O) groups is 1. The van der Waals surface area contributed by atoms with E-state index in [1.807, 2.05) is 19.9 Å². The Morgan fingerprint density at radius 3 is 2.33 bits per heavy atom. The maximum atomic E-state index is 10.7. The van der Waals surface area contributed by atoms with Crippen LogP contribution in [0.3, 0.4) is 0 Å². The monoisotopic (exact) mass is 213 g/mol. The predicted molar refractivity (Wildman–Crippen MR) is 63.0 cm³/mol. The highest BCUT2D eigenvalue weighted by atomic mass is 16.5. The van der Waals surface area contributed by atoms with Gasteiger partial charge in [0.05, 0.1) is 13.2 Å². The van der Waals surface area contributed by atoms with E-state index in [-0.39, 0.29) is 5.78 Å². The van der Waals surface area contributed by atoms with Crippen molar-refractivity contribution in [3.05, 3.63) is 12.2 Å². The average Bonchev–Trinajstić information content (AvgIpc) is 2.30. The fraction of sp³-hybridized carbons (Fsp3) is 0.750. The van der Waals surface area contributed by atoms with E-state index in [0.717, 1.165) is 26.3 Å². The smallest absolute Gasteiger partial charge is 0.152 e. The van der Waals surface area contributed by atoms with Gasteiger partial charge in [-0.1, -0.05) is 19.9 Å². The topological polar surface area (TPSA) is 29.5 Å². The summed E-state index contributed by atoms with van der Waals surface area (Å²) in [5.41, 5.74) is 0. The van der Waals surface area contributed by atoms with Crippen LogP contribution in [0.1, 0.15) is 27.7 Å². The summed E-state index contributed by atoms with van der Waals surface area (Å²) in [7, 11) is 0. The Morgan fingerprint density at radius 2 is 1.87 bits per heavy atom. The largest absolute Gasteiger partial charge is 0.379 e. The third-order valence-electron chi connectivity index (χ3n) is 2.23. The molecule has 0 N–H and O–H groups in total. The Morgan fingerprint density at radius 1 is 1.33 bits per heavy atom. The standard InChI is InChI=1S/C10H17NO2.C2H6/c1-9(3-4-10(2)12)11-5-7-13-8-6-11;1-2/h3-4,9H,5-8H2,1-2H3;1-2H3/b4-3+;. The first-order valence-electron chi connectivity index (χ1n) is 5.70. The van der Waals surface area contributed by atoms with Gasteiger partial charge >= 0.3 is 0 Å². The van der Waals surface area contributed by atoms with E-state index in [1.54, 1.807) is 13.0 Å². The van der Waals surface area contributed by atoms with Gasteiger partial charge < -0.3 is 4.74 Å². The molecule has 0 aromatic heterocycles. The number of rotatable bonds is 3. The molecular formula is C12H23NO2. The number of morpholine rings is 1. The molecule has 88 valence electrons. The number of ketones is 1. The summed E-state index contributed by atoms with van der Waals surface area (Å²) in [4.78, 5) is 13.0. The van der Waals surface area contributed by atoms with Gasteiger partial charge in [-0.15, -0.1) is 0 Å². The Kier molecular flexibility index (Phi) is 8.24. The van der Waals surface area contributed by atoms with Crippen LogP contribution in [0.4, 0.5) is 0 Å². The number of carbonyl (C=O) groups excluding carboxylic acids is 1. The number of hydrogen-bond acceptors (Lipinski definition) is 3. The van der Waals surface area contributed by atoms with Crippen molar-refractivity contribution < 1.29 is 9.53 Å². The van der Waals surface area contributed by atoms with Gasteiger partial charge in [-0.2, -0.15) is 0 Å². The van der Waals surface area contributed by atoms with E-state index >= 15 is 0 Å². The van der Waals surface area contributed by atoms with Crippen molar-refractivity contribution in [3.63, 3.8) is 0 Å². The summed E-state index contributed by atoms with van der Waals surface area (Å²) in [5, 5.41) is 0. The van der Waals surface area contributed by atoms with Crippen LogP contribution in [0.5, 0.6) is 0 Å². The first-order chi connectivity index (χ1) is 7.20. The molecule has 0 bridgehead atoms. The molecule has 0 amide bonds. The van der Waals surface area contributed by atoms with Crippen molar-refractivity contribution >= 4 is 5.78 Å². The normalized spacial score (nSPS) is 19.5. The number of hydrogen-bond donors (Lipinski definition) is 0. The third-order valence-corrected chi connectivity index (χ3v) is 2.23. The Labute approximate surface area is 93.1 Å². The van der Waals surface area contributed by atoms with Crippen LogP contribution < -0.4 is 0 Å². The van der Waals surface area contributed by atoms with Crippen molar-refractivity contribution in [2.24, 2.45) is 0 Å². The molecule has 1 saturated heterocycles. The molecule has 0 radical (unpaired) electrons. The molecule has 1 atom stereocenters. The third kappa shape index (κ3) is 6.42. The van der Waals surface area contributed by atoms with E-state index in [4.69, 9.17) is 4.74 Å². The molecule has 1 heterocycles. The molecule has 1 fully saturated rings. The molecule has 1 unspecified atom stereocenters. The Hall–Kier alpha value is -0.670. The molecule has 1 aliphatic rings. The molecule has 0 aliphatic carbocycles. The lowest BCUT2D eigenvalue weighted by atomic mass is 10.2. The zero-order valence-electron chi connectivity index (χ0n) is 10.3. The van der Waals surface area contributed by atoms with Gasteiger partial charge in [-0.3, -0.25) is 9.69 Å². The van der Waals surface area contributed by atoms with E-state index in [0.29, 0.717) is 6.04 Å². The van der Waals surface area contributed by atoms with Gasteiger partial charge in [0, 0.05) is 19.1 Å². The summed E-state index contributed by atoms with van der Waals surface area (Å²) in [6.07, 6.45) is 3.59. The lowest BCUT2D eigenvalue weighted by molar-refractivity contribution is -0.112. The van der Waals surface area contributed by atoms with Gasteiger partial charge in [0.1, 0.15) is 0 Å². The highest BCUT2D eigenvalue weighted by Gasteiger charge is 2.14. The summed E-state index contributed by atoms with van der Waals surface area (Å²) < 4.78 is 5.24. The molecule has 1 rings (SSSR count). The fourth-order valence-electron chi connectivity index (χ4n) is 1.38. The van der Waals surface area contributed by atoms with Crippen LogP contribution >= 0.6 is 0 Å². The van der Waals surface area contributed by atoms with E-state index in [1.165, 1.54) is 0 Å². The van der Waals surface area contributed by atoms with Crippen molar-refractivity contribution in [1.29, 1.82) is 0 Å². The summed E-state index contributed by atoms with van der Waals surface area (Å²) >= 11 is 0. The van der Waals surface area contributed by atoms with Crippen LogP contribution in [-0.2, 0) is 9.53 Å². The van der Waals surface area contributed by atoms with Crippen LogP contribution in [-0.4, -0.2) is 43.0 Å². The fourth-order valence-corrected chi connectivity index (χ4v) is 1.38. The molecule has 15 heavy (non-hydrogen) atoms.